The minimum absolute atomic E-state index is 0.0275. The Morgan fingerprint density at radius 1 is 1.00 bits per heavy atom. The van der Waals surface area contributed by atoms with Crippen molar-refractivity contribution in [3.8, 4) is 11.3 Å². The molecule has 10 nitrogen and oxygen atoms in total. The molecule has 39 heavy (non-hydrogen) atoms. The van der Waals surface area contributed by atoms with Crippen molar-refractivity contribution in [2.45, 2.75) is 51.2 Å². The van der Waals surface area contributed by atoms with Crippen molar-refractivity contribution in [2.75, 3.05) is 62.7 Å². The minimum atomic E-state index is -0.292. The lowest BCUT2D eigenvalue weighted by Gasteiger charge is -2.36. The second kappa shape index (κ2) is 11.5. The van der Waals surface area contributed by atoms with Crippen molar-refractivity contribution in [2.24, 2.45) is 5.92 Å². The molecule has 208 valence electrons. The molecule has 2 saturated heterocycles. The summed E-state index contributed by atoms with van der Waals surface area (Å²) in [7, 11) is 2.16. The molecule has 3 aromatic heterocycles. The summed E-state index contributed by atoms with van der Waals surface area (Å²) in [5, 5.41) is 12.6. The molecule has 0 bridgehead atoms. The predicted molar refractivity (Wildman–Crippen MR) is 154 cm³/mol. The van der Waals surface area contributed by atoms with Gasteiger partial charge in [0, 0.05) is 75.0 Å². The molecule has 5 heterocycles. The van der Waals surface area contributed by atoms with E-state index in [0.29, 0.717) is 6.04 Å². The zero-order valence-electron chi connectivity index (χ0n) is 23.2. The fourth-order valence-electron chi connectivity index (χ4n) is 5.92. The van der Waals surface area contributed by atoms with E-state index in [0.717, 1.165) is 80.8 Å². The first-order valence-electron chi connectivity index (χ1n) is 14.5. The fraction of sp³-hybridized carbons (Fsp3) is 0.586. The Hall–Kier alpha value is -3.24. The van der Waals surface area contributed by atoms with Gasteiger partial charge in [0.2, 0.25) is 0 Å². The molecule has 2 atom stereocenters. The lowest BCUT2D eigenvalue weighted by Crippen LogP contribution is -2.47. The Bertz CT molecular complexity index is 1310. The smallest absolute Gasteiger partial charge is 0.254 e. The number of piperazine rings is 1. The molecule has 1 N–H and O–H groups in total. The van der Waals surface area contributed by atoms with Crippen LogP contribution in [0, 0.1) is 5.92 Å². The van der Waals surface area contributed by atoms with Crippen LogP contribution in [0.25, 0.3) is 11.3 Å². The van der Waals surface area contributed by atoms with Crippen LogP contribution in [0.5, 0.6) is 0 Å². The van der Waals surface area contributed by atoms with E-state index in [4.69, 9.17) is 0 Å². The Morgan fingerprint density at radius 2 is 1.85 bits per heavy atom. The molecule has 0 aromatic carbocycles. The monoisotopic (exact) mass is 531 g/mol. The van der Waals surface area contributed by atoms with Crippen molar-refractivity contribution in [1.82, 2.24) is 34.8 Å². The molecule has 6 rings (SSSR count). The van der Waals surface area contributed by atoms with Crippen LogP contribution in [0.4, 0.5) is 11.4 Å². The van der Waals surface area contributed by atoms with Crippen molar-refractivity contribution >= 4 is 11.4 Å². The van der Waals surface area contributed by atoms with E-state index in [2.05, 4.69) is 54.5 Å². The Balaban J connectivity index is 1.12. The molecular weight excluding hydrogens is 490 g/mol. The highest BCUT2D eigenvalue weighted by Gasteiger charge is 2.24. The third-order valence-electron chi connectivity index (χ3n) is 8.82. The summed E-state index contributed by atoms with van der Waals surface area (Å²) < 4.78 is 3.47. The third-order valence-corrected chi connectivity index (χ3v) is 8.82. The number of hydrogen-bond donors (Lipinski definition) is 1. The molecule has 1 aliphatic carbocycles. The summed E-state index contributed by atoms with van der Waals surface area (Å²) in [5.74, 6) is 0.861. The maximum Gasteiger partial charge on any atom is 0.254 e. The van der Waals surface area contributed by atoms with E-state index in [9.17, 15) is 4.79 Å². The number of nitrogens with one attached hydrogen (secondary N) is 1. The lowest BCUT2D eigenvalue weighted by atomic mass is 9.85. The molecule has 10 heteroatoms. The van der Waals surface area contributed by atoms with Crippen LogP contribution in [-0.4, -0.2) is 88.3 Å². The molecule has 3 aliphatic rings. The van der Waals surface area contributed by atoms with Crippen molar-refractivity contribution in [3.05, 3.63) is 53.3 Å². The van der Waals surface area contributed by atoms with Gasteiger partial charge in [0.25, 0.3) is 5.56 Å². The number of anilines is 2. The van der Waals surface area contributed by atoms with Crippen LogP contribution < -0.4 is 20.7 Å². The van der Waals surface area contributed by atoms with E-state index >= 15 is 0 Å². The predicted octanol–water partition coefficient (Wildman–Crippen LogP) is 2.68. The molecule has 0 spiro atoms. The average Bonchev–Trinajstić information content (AvgIpc) is 3.43. The normalized spacial score (nSPS) is 21.6. The maximum absolute atomic E-state index is 13.2. The van der Waals surface area contributed by atoms with Crippen LogP contribution in [0.2, 0.25) is 0 Å². The highest BCUT2D eigenvalue weighted by molar-refractivity contribution is 5.63. The lowest BCUT2D eigenvalue weighted by molar-refractivity contribution is 0.280. The van der Waals surface area contributed by atoms with Gasteiger partial charge >= 0.3 is 0 Å². The number of pyridine rings is 2. The summed E-state index contributed by atoms with van der Waals surface area (Å²) in [6, 6.07) is 6.46. The molecule has 3 aromatic rings. The summed E-state index contributed by atoms with van der Waals surface area (Å²) in [5.41, 5.74) is 3.76. The first-order valence-corrected chi connectivity index (χ1v) is 14.5. The zero-order chi connectivity index (χ0) is 26.8. The molecular formula is C29H41N9O. The number of nitrogens with zero attached hydrogens (tertiary/aromatic N) is 8. The van der Waals surface area contributed by atoms with Crippen molar-refractivity contribution in [3.63, 3.8) is 0 Å². The number of hydrogen-bond acceptors (Lipinski definition) is 8. The third kappa shape index (κ3) is 5.86. The molecule has 0 radical (unpaired) electrons. The van der Waals surface area contributed by atoms with Crippen LogP contribution in [-0.2, 0) is 0 Å². The van der Waals surface area contributed by atoms with Gasteiger partial charge in [-0.3, -0.25) is 14.3 Å². The highest BCUT2D eigenvalue weighted by Crippen LogP contribution is 2.27. The van der Waals surface area contributed by atoms with Gasteiger partial charge in [0.05, 0.1) is 18.1 Å². The standard InChI is InChI=1S/C29H41N9O/c1-22(38-21-28(32-33-38)24-15-27(19-30-18-24)35-13-11-34(2)12-14-35)37-10-8-26(16-29(37)39)36-9-4-7-25(20-36)31-17-23-5-3-6-23/h8,10,15-16,18-19,21-23,25,31H,3-7,9,11-14,17,20H2,1-2H3/t22?,25-/m1/s1. The Kier molecular flexibility index (Phi) is 7.65. The fourth-order valence-corrected chi connectivity index (χ4v) is 5.92. The van der Waals surface area contributed by atoms with Gasteiger partial charge in [-0.2, -0.15) is 0 Å². The SMILES string of the molecule is CC(n1cc(-c2cncc(N3CCN(C)CC3)c2)nn1)n1ccc(N2CCC[C@@H](NCC3CCC3)C2)cc1=O. The van der Waals surface area contributed by atoms with E-state index in [-0.39, 0.29) is 11.7 Å². The largest absolute Gasteiger partial charge is 0.370 e. The van der Waals surface area contributed by atoms with Gasteiger partial charge in [-0.05, 0) is 64.3 Å². The second-order valence-electron chi connectivity index (χ2n) is 11.6. The molecule has 0 amide bonds. The first-order chi connectivity index (χ1) is 19.0. The minimum Gasteiger partial charge on any atom is -0.370 e. The van der Waals surface area contributed by atoms with Gasteiger partial charge in [0.15, 0.2) is 0 Å². The van der Waals surface area contributed by atoms with Crippen LogP contribution in [0.1, 0.15) is 45.2 Å². The molecule has 1 saturated carbocycles. The number of likely N-dealkylation sites (N-methyl/N-ethyl adjacent to an activating group) is 1. The molecule has 3 fully saturated rings. The van der Waals surface area contributed by atoms with Crippen LogP contribution in [0.3, 0.4) is 0 Å². The summed E-state index contributed by atoms with van der Waals surface area (Å²) in [4.78, 5) is 24.7. The quantitative estimate of drug-likeness (QED) is 0.475. The van der Waals surface area contributed by atoms with Crippen molar-refractivity contribution in [1.29, 1.82) is 0 Å². The highest BCUT2D eigenvalue weighted by atomic mass is 16.1. The number of aromatic nitrogens is 5. The second-order valence-corrected chi connectivity index (χ2v) is 11.6. The first kappa shape index (κ1) is 26.0. The maximum atomic E-state index is 13.2. The zero-order valence-corrected chi connectivity index (χ0v) is 23.2. The summed E-state index contributed by atoms with van der Waals surface area (Å²) in [6.07, 6.45) is 13.7. The van der Waals surface area contributed by atoms with Crippen LogP contribution in [0.15, 0.2) is 47.8 Å². The van der Waals surface area contributed by atoms with E-state index in [1.165, 1.54) is 25.7 Å². The molecule has 1 unspecified atom stereocenters. The van der Waals surface area contributed by atoms with E-state index in [1.54, 1.807) is 15.3 Å². The summed E-state index contributed by atoms with van der Waals surface area (Å²) in [6.45, 7) is 9.11. The average molecular weight is 532 g/mol. The number of piperidine rings is 1. The van der Waals surface area contributed by atoms with Gasteiger partial charge in [-0.1, -0.05) is 11.6 Å². The van der Waals surface area contributed by atoms with E-state index < -0.39 is 0 Å². The Morgan fingerprint density at radius 3 is 2.62 bits per heavy atom. The van der Waals surface area contributed by atoms with Gasteiger partial charge in [-0.15, -0.1) is 5.10 Å². The topological polar surface area (TPSA) is 87.3 Å². The van der Waals surface area contributed by atoms with Gasteiger partial charge < -0.3 is 20.0 Å². The van der Waals surface area contributed by atoms with Crippen molar-refractivity contribution < 1.29 is 0 Å². The van der Waals surface area contributed by atoms with E-state index in [1.807, 2.05) is 31.7 Å². The van der Waals surface area contributed by atoms with Crippen LogP contribution >= 0.6 is 0 Å². The Labute approximate surface area is 230 Å². The molecule has 2 aliphatic heterocycles. The van der Waals surface area contributed by atoms with Gasteiger partial charge in [0.1, 0.15) is 11.9 Å². The van der Waals surface area contributed by atoms with Gasteiger partial charge in [-0.25, -0.2) is 4.68 Å². The number of rotatable bonds is 8. The summed E-state index contributed by atoms with van der Waals surface area (Å²) >= 11 is 0.